The van der Waals surface area contributed by atoms with Crippen molar-refractivity contribution in [3.05, 3.63) is 78.0 Å². The fraction of sp³-hybridized carbons (Fsp3) is 0.200. The number of nitrogens with zero attached hydrogens (tertiary/aromatic N) is 2. The summed E-state index contributed by atoms with van der Waals surface area (Å²) in [5.74, 6) is 1.36. The molecule has 5 heteroatoms. The Kier molecular flexibility index (Phi) is 5.46. The number of carbonyl (C=O) groups excluding carboxylic acids is 1. The van der Waals surface area contributed by atoms with Gasteiger partial charge in [0, 0.05) is 18.7 Å². The van der Waals surface area contributed by atoms with Crippen molar-refractivity contribution in [2.75, 3.05) is 12.4 Å². The Labute approximate surface area is 147 Å². The minimum absolute atomic E-state index is 0.0409. The first-order valence-electron chi connectivity index (χ1n) is 8.23. The summed E-state index contributed by atoms with van der Waals surface area (Å²) in [7, 11) is 1.64. The number of anilines is 1. The summed E-state index contributed by atoms with van der Waals surface area (Å²) in [6, 6.07) is 19.7. The zero-order chi connectivity index (χ0) is 17.5. The van der Waals surface area contributed by atoms with Gasteiger partial charge in [0.25, 0.3) is 0 Å². The smallest absolute Gasteiger partial charge is 0.225 e. The van der Waals surface area contributed by atoms with E-state index in [-0.39, 0.29) is 5.91 Å². The van der Waals surface area contributed by atoms with E-state index in [1.54, 1.807) is 7.11 Å². The monoisotopic (exact) mass is 335 g/mol. The van der Waals surface area contributed by atoms with E-state index in [0.717, 1.165) is 11.3 Å². The average Bonchev–Trinajstić information content (AvgIpc) is 3.08. The molecule has 0 aliphatic heterocycles. The Morgan fingerprint density at radius 1 is 1.04 bits per heavy atom. The van der Waals surface area contributed by atoms with E-state index in [2.05, 4.69) is 22.5 Å². The van der Waals surface area contributed by atoms with Crippen molar-refractivity contribution in [2.24, 2.45) is 0 Å². The summed E-state index contributed by atoms with van der Waals surface area (Å²) in [4.78, 5) is 12.1. The van der Waals surface area contributed by atoms with Crippen LogP contribution in [0.25, 0.3) is 0 Å². The topological polar surface area (TPSA) is 56.1 Å². The van der Waals surface area contributed by atoms with Crippen molar-refractivity contribution < 1.29 is 9.53 Å². The Bertz CT molecular complexity index is 810. The first kappa shape index (κ1) is 16.8. The van der Waals surface area contributed by atoms with Gasteiger partial charge in [0.05, 0.1) is 13.7 Å². The van der Waals surface area contributed by atoms with Crippen molar-refractivity contribution in [1.29, 1.82) is 0 Å². The third-order valence-corrected chi connectivity index (χ3v) is 3.90. The fourth-order valence-electron chi connectivity index (χ4n) is 2.54. The number of aryl methyl sites for hydroxylation is 1. The zero-order valence-corrected chi connectivity index (χ0v) is 14.2. The Balaban J connectivity index is 1.49. The van der Waals surface area contributed by atoms with Crippen LogP contribution in [0.15, 0.2) is 66.9 Å². The first-order chi connectivity index (χ1) is 12.2. The molecule has 0 saturated carbocycles. The van der Waals surface area contributed by atoms with Crippen LogP contribution < -0.4 is 10.1 Å². The van der Waals surface area contributed by atoms with Gasteiger partial charge in [-0.2, -0.15) is 5.10 Å². The molecule has 3 aromatic rings. The zero-order valence-electron chi connectivity index (χ0n) is 14.2. The van der Waals surface area contributed by atoms with Crippen LogP contribution in [0.5, 0.6) is 5.75 Å². The number of ether oxygens (including phenoxy) is 1. The standard InChI is InChI=1S/C20H21N3O2/c1-25-18-10-7-16(8-11-18)9-12-20(24)21-19-13-14-23(22-19)15-17-5-3-2-4-6-17/h2-8,10-11,13-14H,9,12,15H2,1H3,(H,21,22,24). The second-order valence-corrected chi connectivity index (χ2v) is 5.78. The highest BCUT2D eigenvalue weighted by atomic mass is 16.5. The number of methoxy groups -OCH3 is 1. The molecule has 5 nitrogen and oxygen atoms in total. The predicted octanol–water partition coefficient (Wildman–Crippen LogP) is 3.51. The second-order valence-electron chi connectivity index (χ2n) is 5.78. The van der Waals surface area contributed by atoms with Crippen LogP contribution in [0, 0.1) is 0 Å². The van der Waals surface area contributed by atoms with Gasteiger partial charge in [-0.15, -0.1) is 0 Å². The molecule has 1 heterocycles. The number of rotatable bonds is 7. The van der Waals surface area contributed by atoms with E-state index in [1.165, 1.54) is 5.56 Å². The molecule has 0 aliphatic rings. The van der Waals surface area contributed by atoms with Gasteiger partial charge in [0.2, 0.25) is 5.91 Å². The van der Waals surface area contributed by atoms with Crippen LogP contribution in [0.1, 0.15) is 17.5 Å². The molecule has 2 aromatic carbocycles. The van der Waals surface area contributed by atoms with Crippen LogP contribution in [0.3, 0.4) is 0 Å². The van der Waals surface area contributed by atoms with Gasteiger partial charge in [-0.25, -0.2) is 0 Å². The van der Waals surface area contributed by atoms with Crippen molar-refractivity contribution in [3.63, 3.8) is 0 Å². The Morgan fingerprint density at radius 3 is 2.52 bits per heavy atom. The van der Waals surface area contributed by atoms with Crippen LogP contribution in [0.2, 0.25) is 0 Å². The number of benzene rings is 2. The van der Waals surface area contributed by atoms with Gasteiger partial charge < -0.3 is 10.1 Å². The van der Waals surface area contributed by atoms with Crippen molar-refractivity contribution in [3.8, 4) is 5.75 Å². The summed E-state index contributed by atoms with van der Waals surface area (Å²) >= 11 is 0. The lowest BCUT2D eigenvalue weighted by Crippen LogP contribution is -2.13. The van der Waals surface area contributed by atoms with E-state index >= 15 is 0 Å². The maximum absolute atomic E-state index is 12.1. The highest BCUT2D eigenvalue weighted by Crippen LogP contribution is 2.13. The van der Waals surface area contributed by atoms with Crippen molar-refractivity contribution in [1.82, 2.24) is 9.78 Å². The third-order valence-electron chi connectivity index (χ3n) is 3.90. The minimum atomic E-state index is -0.0409. The predicted molar refractivity (Wildman–Crippen MR) is 97.7 cm³/mol. The highest BCUT2D eigenvalue weighted by Gasteiger charge is 2.06. The van der Waals surface area contributed by atoms with Crippen LogP contribution in [0.4, 0.5) is 5.82 Å². The second kappa shape index (κ2) is 8.15. The highest BCUT2D eigenvalue weighted by molar-refractivity contribution is 5.89. The van der Waals surface area contributed by atoms with Crippen molar-refractivity contribution in [2.45, 2.75) is 19.4 Å². The lowest BCUT2D eigenvalue weighted by Gasteiger charge is -2.04. The molecule has 0 fully saturated rings. The molecular formula is C20H21N3O2. The number of aromatic nitrogens is 2. The van der Waals surface area contributed by atoms with Gasteiger partial charge in [0.15, 0.2) is 5.82 Å². The van der Waals surface area contributed by atoms with E-state index in [1.807, 2.05) is 59.4 Å². The molecule has 0 bridgehead atoms. The molecule has 1 N–H and O–H groups in total. The van der Waals surface area contributed by atoms with Crippen LogP contribution in [-0.4, -0.2) is 22.8 Å². The van der Waals surface area contributed by atoms with Crippen LogP contribution >= 0.6 is 0 Å². The van der Waals surface area contributed by atoms with E-state index in [9.17, 15) is 4.79 Å². The molecule has 0 unspecified atom stereocenters. The van der Waals surface area contributed by atoms with E-state index in [0.29, 0.717) is 25.2 Å². The summed E-state index contributed by atoms with van der Waals surface area (Å²) < 4.78 is 6.94. The minimum Gasteiger partial charge on any atom is -0.497 e. The normalized spacial score (nSPS) is 10.4. The van der Waals surface area contributed by atoms with Gasteiger partial charge in [-0.3, -0.25) is 9.48 Å². The number of hydrogen-bond donors (Lipinski definition) is 1. The molecule has 0 atom stereocenters. The molecule has 128 valence electrons. The Morgan fingerprint density at radius 2 is 1.80 bits per heavy atom. The molecule has 0 radical (unpaired) electrons. The van der Waals surface area contributed by atoms with E-state index < -0.39 is 0 Å². The lowest BCUT2D eigenvalue weighted by molar-refractivity contribution is -0.116. The maximum atomic E-state index is 12.1. The summed E-state index contributed by atoms with van der Waals surface area (Å²) in [6.45, 7) is 0.683. The van der Waals surface area contributed by atoms with Gasteiger partial charge >= 0.3 is 0 Å². The number of nitrogens with one attached hydrogen (secondary N) is 1. The molecule has 3 rings (SSSR count). The molecular weight excluding hydrogens is 314 g/mol. The number of amides is 1. The van der Waals surface area contributed by atoms with Gasteiger partial charge in [0.1, 0.15) is 5.75 Å². The maximum Gasteiger partial charge on any atom is 0.225 e. The molecule has 0 spiro atoms. The third kappa shape index (κ3) is 4.94. The number of hydrogen-bond acceptors (Lipinski definition) is 3. The molecule has 1 aromatic heterocycles. The van der Waals surface area contributed by atoms with Gasteiger partial charge in [-0.1, -0.05) is 42.5 Å². The molecule has 0 aliphatic carbocycles. The molecule has 25 heavy (non-hydrogen) atoms. The summed E-state index contributed by atoms with van der Waals surface area (Å²) in [5, 5.41) is 7.24. The quantitative estimate of drug-likeness (QED) is 0.719. The van der Waals surface area contributed by atoms with E-state index in [4.69, 9.17) is 4.74 Å². The fourth-order valence-corrected chi connectivity index (χ4v) is 2.54. The average molecular weight is 335 g/mol. The van der Waals surface area contributed by atoms with Crippen LogP contribution in [-0.2, 0) is 17.8 Å². The van der Waals surface area contributed by atoms with Crippen molar-refractivity contribution >= 4 is 11.7 Å². The summed E-state index contributed by atoms with van der Waals surface area (Å²) in [5.41, 5.74) is 2.27. The lowest BCUT2D eigenvalue weighted by atomic mass is 10.1. The largest absolute Gasteiger partial charge is 0.497 e. The SMILES string of the molecule is COc1ccc(CCC(=O)Nc2ccn(Cc3ccccc3)n2)cc1. The first-order valence-corrected chi connectivity index (χ1v) is 8.23. The molecule has 0 saturated heterocycles. The Hall–Kier alpha value is -3.08. The number of carbonyl (C=O) groups is 1. The molecule has 1 amide bonds. The van der Waals surface area contributed by atoms with Gasteiger partial charge in [-0.05, 0) is 29.7 Å². The summed E-state index contributed by atoms with van der Waals surface area (Å²) in [6.07, 6.45) is 2.96.